The van der Waals surface area contributed by atoms with Gasteiger partial charge in [-0.1, -0.05) is 56.3 Å². The van der Waals surface area contributed by atoms with E-state index >= 15 is 0 Å². The molecule has 0 atom stereocenters. The average molecular weight is 407 g/mol. The number of carbonyl (C=O) groups is 1. The number of carboxylic acid groups (broad SMARTS) is 1. The summed E-state index contributed by atoms with van der Waals surface area (Å²) in [4.78, 5) is 16.4. The van der Waals surface area contributed by atoms with E-state index in [2.05, 4.69) is 42.2 Å². The normalized spacial score (nSPS) is 11.5. The predicted molar refractivity (Wildman–Crippen MR) is 123 cm³/mol. The number of nitrogens with one attached hydrogen (secondary N) is 1. The number of pyridine rings is 1. The van der Waals surface area contributed by atoms with Gasteiger partial charge in [-0.05, 0) is 46.9 Å². The molecule has 0 aliphatic rings. The molecule has 5 aromatic rings. The van der Waals surface area contributed by atoms with Crippen LogP contribution in [0, 0.1) is 0 Å². The van der Waals surface area contributed by atoms with Crippen molar-refractivity contribution in [3.8, 4) is 22.4 Å². The third-order valence-corrected chi connectivity index (χ3v) is 5.63. The van der Waals surface area contributed by atoms with Crippen LogP contribution in [0.5, 0.6) is 0 Å². The molecule has 31 heavy (non-hydrogen) atoms. The van der Waals surface area contributed by atoms with E-state index in [1.165, 1.54) is 0 Å². The highest BCUT2D eigenvalue weighted by Gasteiger charge is 2.21. The number of benzene rings is 3. The minimum atomic E-state index is -0.936. The molecule has 0 fully saturated rings. The number of aromatic carboxylic acids is 1. The Morgan fingerprint density at radius 3 is 2.39 bits per heavy atom. The highest BCUT2D eigenvalue weighted by atomic mass is 16.4. The van der Waals surface area contributed by atoms with Crippen LogP contribution in [-0.2, 0) is 0 Å². The number of aromatic nitrogens is 3. The van der Waals surface area contributed by atoms with Crippen molar-refractivity contribution >= 4 is 27.8 Å². The number of H-pyrrole nitrogens is 1. The minimum absolute atomic E-state index is 0.210. The van der Waals surface area contributed by atoms with Gasteiger partial charge in [0.2, 0.25) is 0 Å². The summed E-state index contributed by atoms with van der Waals surface area (Å²) in [5.41, 5.74) is 7.27. The molecular formula is C26H21N3O2. The second kappa shape index (κ2) is 7.36. The van der Waals surface area contributed by atoms with Crippen molar-refractivity contribution in [2.75, 3.05) is 0 Å². The van der Waals surface area contributed by atoms with E-state index in [-0.39, 0.29) is 11.5 Å². The molecule has 5 rings (SSSR count). The van der Waals surface area contributed by atoms with Crippen LogP contribution in [0.15, 0.2) is 72.9 Å². The number of carboxylic acids is 1. The second-order valence-electron chi connectivity index (χ2n) is 7.98. The van der Waals surface area contributed by atoms with Crippen molar-refractivity contribution < 1.29 is 9.90 Å². The van der Waals surface area contributed by atoms with Gasteiger partial charge in [-0.3, -0.25) is 5.10 Å². The van der Waals surface area contributed by atoms with Crippen LogP contribution in [-0.4, -0.2) is 26.3 Å². The fraction of sp³-hybridized carbons (Fsp3) is 0.115. The standard InChI is InChI=1S/C26H21N3O2/c1-15(2)23-24(16-6-4-3-5-7-16)20-12-19-14-27-29-21(19)13-22(20)28-25(23)17-8-10-18(11-9-17)26(30)31/h3-15H,1-2H3,(H,27,29)(H,30,31). The van der Waals surface area contributed by atoms with Gasteiger partial charge in [-0.25, -0.2) is 9.78 Å². The van der Waals surface area contributed by atoms with Crippen molar-refractivity contribution in [3.63, 3.8) is 0 Å². The van der Waals surface area contributed by atoms with Crippen molar-refractivity contribution in [2.45, 2.75) is 19.8 Å². The van der Waals surface area contributed by atoms with Crippen LogP contribution in [0.25, 0.3) is 44.2 Å². The first kappa shape index (κ1) is 19.0. The first-order valence-corrected chi connectivity index (χ1v) is 10.2. The molecule has 0 amide bonds. The lowest BCUT2D eigenvalue weighted by Crippen LogP contribution is -2.02. The largest absolute Gasteiger partial charge is 0.478 e. The molecule has 2 heterocycles. The molecule has 0 aliphatic carbocycles. The Bertz CT molecular complexity index is 1420. The first-order valence-electron chi connectivity index (χ1n) is 10.2. The summed E-state index contributed by atoms with van der Waals surface area (Å²) in [6.45, 7) is 4.33. The molecule has 0 unspecified atom stereocenters. The molecule has 0 saturated carbocycles. The van der Waals surface area contributed by atoms with E-state index in [9.17, 15) is 9.90 Å². The fourth-order valence-corrected chi connectivity index (χ4v) is 4.19. The van der Waals surface area contributed by atoms with Gasteiger partial charge in [0.15, 0.2) is 0 Å². The van der Waals surface area contributed by atoms with Crippen LogP contribution in [0.4, 0.5) is 0 Å². The van der Waals surface area contributed by atoms with Crippen LogP contribution >= 0.6 is 0 Å². The molecule has 5 heteroatoms. The number of hydrogen-bond acceptors (Lipinski definition) is 3. The van der Waals surface area contributed by atoms with Gasteiger partial charge >= 0.3 is 5.97 Å². The van der Waals surface area contributed by atoms with Gasteiger partial charge in [0.1, 0.15) is 0 Å². The summed E-state index contributed by atoms with van der Waals surface area (Å²) in [6.07, 6.45) is 1.83. The molecule has 0 aliphatic heterocycles. The molecule has 3 aromatic carbocycles. The molecule has 0 radical (unpaired) electrons. The molecule has 0 saturated heterocycles. The summed E-state index contributed by atoms with van der Waals surface area (Å²) >= 11 is 0. The van der Waals surface area contributed by atoms with Crippen LogP contribution in [0.3, 0.4) is 0 Å². The van der Waals surface area contributed by atoms with Crippen molar-refractivity contribution in [1.82, 2.24) is 15.2 Å². The van der Waals surface area contributed by atoms with E-state index in [0.717, 1.165) is 49.8 Å². The van der Waals surface area contributed by atoms with Crippen LogP contribution in [0.1, 0.15) is 35.7 Å². The van der Waals surface area contributed by atoms with Crippen molar-refractivity contribution in [1.29, 1.82) is 0 Å². The molecule has 0 spiro atoms. The number of aromatic amines is 1. The highest BCUT2D eigenvalue weighted by Crippen LogP contribution is 2.41. The lowest BCUT2D eigenvalue weighted by atomic mass is 9.86. The summed E-state index contributed by atoms with van der Waals surface area (Å²) in [5, 5.41) is 18.6. The van der Waals surface area contributed by atoms with Gasteiger partial charge in [0.05, 0.1) is 28.5 Å². The molecule has 2 aromatic heterocycles. The van der Waals surface area contributed by atoms with Gasteiger partial charge in [0.25, 0.3) is 0 Å². The molecule has 2 N–H and O–H groups in total. The molecule has 0 bridgehead atoms. The SMILES string of the molecule is CC(C)c1c(-c2ccc(C(=O)O)cc2)nc2cc3[nH]ncc3cc2c1-c1ccccc1. The topological polar surface area (TPSA) is 78.9 Å². The Morgan fingerprint density at radius 1 is 0.968 bits per heavy atom. The zero-order chi connectivity index (χ0) is 21.5. The van der Waals surface area contributed by atoms with Crippen molar-refractivity contribution in [3.05, 3.63) is 84.1 Å². The van der Waals surface area contributed by atoms with E-state index in [0.29, 0.717) is 0 Å². The van der Waals surface area contributed by atoms with E-state index < -0.39 is 5.97 Å². The number of rotatable bonds is 4. The Kier molecular flexibility index (Phi) is 4.51. The third-order valence-electron chi connectivity index (χ3n) is 5.63. The van der Waals surface area contributed by atoms with Gasteiger partial charge < -0.3 is 5.11 Å². The highest BCUT2D eigenvalue weighted by molar-refractivity contribution is 6.05. The number of fused-ring (bicyclic) bond motifs is 2. The average Bonchev–Trinajstić information content (AvgIpc) is 3.24. The maximum absolute atomic E-state index is 11.3. The quantitative estimate of drug-likeness (QED) is 0.368. The maximum Gasteiger partial charge on any atom is 0.335 e. The van der Waals surface area contributed by atoms with Crippen LogP contribution in [0.2, 0.25) is 0 Å². The van der Waals surface area contributed by atoms with Gasteiger partial charge in [0, 0.05) is 16.3 Å². The zero-order valence-corrected chi connectivity index (χ0v) is 17.3. The zero-order valence-electron chi connectivity index (χ0n) is 17.3. The summed E-state index contributed by atoms with van der Waals surface area (Å²) in [7, 11) is 0. The Labute approximate surface area is 179 Å². The predicted octanol–water partition coefficient (Wildman–Crippen LogP) is 6.27. The number of nitrogens with zero attached hydrogens (tertiary/aromatic N) is 2. The van der Waals surface area contributed by atoms with E-state index in [1.807, 2.05) is 42.6 Å². The first-order chi connectivity index (χ1) is 15.0. The summed E-state index contributed by atoms with van der Waals surface area (Å²) in [5.74, 6) is -0.727. The Morgan fingerprint density at radius 2 is 1.71 bits per heavy atom. The Balaban J connectivity index is 1.89. The monoisotopic (exact) mass is 407 g/mol. The molecule has 5 nitrogen and oxygen atoms in total. The molecular weight excluding hydrogens is 386 g/mol. The lowest BCUT2D eigenvalue weighted by molar-refractivity contribution is 0.0697. The second-order valence-corrected chi connectivity index (χ2v) is 7.98. The van der Waals surface area contributed by atoms with Crippen LogP contribution < -0.4 is 0 Å². The summed E-state index contributed by atoms with van der Waals surface area (Å²) < 4.78 is 0. The number of hydrogen-bond donors (Lipinski definition) is 2. The lowest BCUT2D eigenvalue weighted by Gasteiger charge is -2.20. The molecule has 152 valence electrons. The van der Waals surface area contributed by atoms with Crippen molar-refractivity contribution in [2.24, 2.45) is 0 Å². The third kappa shape index (κ3) is 3.24. The minimum Gasteiger partial charge on any atom is -0.478 e. The van der Waals surface area contributed by atoms with E-state index in [4.69, 9.17) is 4.98 Å². The fourth-order valence-electron chi connectivity index (χ4n) is 4.19. The smallest absolute Gasteiger partial charge is 0.335 e. The Hall–Kier alpha value is -3.99. The van der Waals surface area contributed by atoms with E-state index in [1.54, 1.807) is 12.1 Å². The van der Waals surface area contributed by atoms with Gasteiger partial charge in [-0.15, -0.1) is 0 Å². The maximum atomic E-state index is 11.3. The van der Waals surface area contributed by atoms with Gasteiger partial charge in [-0.2, -0.15) is 5.10 Å². The summed E-state index contributed by atoms with van der Waals surface area (Å²) in [6, 6.07) is 21.5.